The van der Waals surface area contributed by atoms with Crippen molar-refractivity contribution in [2.45, 2.75) is 45.2 Å². The molecule has 162 valence electrons. The molecular weight excluding hydrogens is 392 g/mol. The number of rotatable bonds is 6. The molecule has 5 rings (SSSR count). The van der Waals surface area contributed by atoms with Crippen molar-refractivity contribution in [3.05, 3.63) is 53.2 Å². The van der Waals surface area contributed by atoms with Crippen LogP contribution in [0.15, 0.2) is 47.5 Å². The van der Waals surface area contributed by atoms with Gasteiger partial charge in [-0.05, 0) is 37.0 Å². The van der Waals surface area contributed by atoms with E-state index in [1.807, 2.05) is 51.9 Å². The van der Waals surface area contributed by atoms with Crippen LogP contribution in [0, 0.1) is 5.92 Å². The van der Waals surface area contributed by atoms with Crippen LogP contribution in [0.2, 0.25) is 0 Å². The molecule has 1 N–H and O–H groups in total. The number of ether oxygens (including phenoxy) is 2. The molecule has 2 atom stereocenters. The molecule has 1 aromatic carbocycles. The Balaban J connectivity index is 1.55. The van der Waals surface area contributed by atoms with Crippen molar-refractivity contribution >= 4 is 22.1 Å². The average Bonchev–Trinajstić information content (AvgIpc) is 3.37. The van der Waals surface area contributed by atoms with Crippen molar-refractivity contribution in [1.29, 1.82) is 0 Å². The highest BCUT2D eigenvalue weighted by molar-refractivity contribution is 6.01. The Morgan fingerprint density at radius 3 is 2.77 bits per heavy atom. The molecule has 1 aliphatic rings. The second kappa shape index (κ2) is 8.13. The molecule has 4 aromatic rings. The Morgan fingerprint density at radius 2 is 1.97 bits per heavy atom. The highest BCUT2D eigenvalue weighted by Gasteiger charge is 2.28. The van der Waals surface area contributed by atoms with Crippen molar-refractivity contribution in [3.8, 4) is 11.5 Å². The lowest BCUT2D eigenvalue weighted by Gasteiger charge is -2.29. The molecule has 1 aliphatic carbocycles. The number of para-hydroxylation sites is 2. The molecule has 3 heterocycles. The molecule has 0 radical (unpaired) electrons. The molecule has 7 heteroatoms. The Kier molecular flexibility index (Phi) is 5.18. The number of hydrogen-bond donors (Lipinski definition) is 1. The van der Waals surface area contributed by atoms with Gasteiger partial charge in [0.15, 0.2) is 11.5 Å². The Hall–Kier alpha value is -3.22. The predicted molar refractivity (Wildman–Crippen MR) is 121 cm³/mol. The van der Waals surface area contributed by atoms with Crippen molar-refractivity contribution in [2.75, 3.05) is 13.7 Å². The van der Waals surface area contributed by atoms with Gasteiger partial charge in [0.05, 0.1) is 30.9 Å². The second-order valence-corrected chi connectivity index (χ2v) is 8.36. The first-order valence-corrected chi connectivity index (χ1v) is 11.0. The largest absolute Gasteiger partial charge is 0.493 e. The van der Waals surface area contributed by atoms with E-state index in [0.29, 0.717) is 30.6 Å². The third-order valence-electron chi connectivity index (χ3n) is 6.55. The number of fused-ring (bicyclic) bond motifs is 3. The van der Waals surface area contributed by atoms with Crippen LogP contribution >= 0.6 is 0 Å². The van der Waals surface area contributed by atoms with Gasteiger partial charge in [0.1, 0.15) is 12.3 Å². The standard InChI is InChI=1S/C24H28N4O3/c1-16-7-3-4-8-18(16)28-22-17-11-12-25-23(17)26-15-19(22)27(24(28)29)13-14-31-21-10-6-5-9-20(21)30-2/h5-6,9-12,15-16,18H,3-4,7-8,13-14H2,1-2H3,(H,25,26)/t16-,18+/m1/s1. The lowest BCUT2D eigenvalue weighted by molar-refractivity contribution is 0.252. The number of nitrogens with one attached hydrogen (secondary N) is 1. The number of pyridine rings is 1. The van der Waals surface area contributed by atoms with Gasteiger partial charge >= 0.3 is 5.69 Å². The van der Waals surface area contributed by atoms with E-state index in [2.05, 4.69) is 16.9 Å². The zero-order valence-corrected chi connectivity index (χ0v) is 18.0. The number of hydrogen-bond acceptors (Lipinski definition) is 4. The third-order valence-corrected chi connectivity index (χ3v) is 6.55. The van der Waals surface area contributed by atoms with Crippen LogP contribution < -0.4 is 15.2 Å². The number of imidazole rings is 1. The number of H-pyrrole nitrogens is 1. The molecule has 0 bridgehead atoms. The van der Waals surface area contributed by atoms with Crippen LogP contribution in [0.4, 0.5) is 0 Å². The SMILES string of the molecule is COc1ccccc1OCCn1c(=O)n([C@H]2CCCC[C@H]2C)c2c3cc[nH]c3ncc21. The van der Waals surface area contributed by atoms with E-state index < -0.39 is 0 Å². The molecule has 31 heavy (non-hydrogen) atoms. The van der Waals surface area contributed by atoms with E-state index in [1.165, 1.54) is 6.42 Å². The van der Waals surface area contributed by atoms with Gasteiger partial charge in [0.25, 0.3) is 0 Å². The minimum absolute atomic E-state index is 0.0212. The van der Waals surface area contributed by atoms with Gasteiger partial charge in [-0.3, -0.25) is 9.13 Å². The number of methoxy groups -OCH3 is 1. The van der Waals surface area contributed by atoms with E-state index in [0.717, 1.165) is 41.3 Å². The molecule has 1 saturated carbocycles. The first-order chi connectivity index (χ1) is 15.2. The summed E-state index contributed by atoms with van der Waals surface area (Å²) < 4.78 is 15.2. The van der Waals surface area contributed by atoms with Crippen LogP contribution in [0.25, 0.3) is 22.1 Å². The van der Waals surface area contributed by atoms with Gasteiger partial charge in [-0.1, -0.05) is 31.9 Å². The summed E-state index contributed by atoms with van der Waals surface area (Å²) in [5.74, 6) is 1.83. The van der Waals surface area contributed by atoms with E-state index in [4.69, 9.17) is 9.47 Å². The fraction of sp³-hybridized carbons (Fsp3) is 0.417. The maximum absolute atomic E-state index is 13.7. The molecule has 3 aromatic heterocycles. The zero-order valence-electron chi connectivity index (χ0n) is 18.0. The summed E-state index contributed by atoms with van der Waals surface area (Å²) in [6, 6.07) is 9.78. The first-order valence-electron chi connectivity index (χ1n) is 11.0. The first kappa shape index (κ1) is 19.7. The fourth-order valence-electron chi connectivity index (χ4n) is 4.95. The van der Waals surface area contributed by atoms with E-state index in [1.54, 1.807) is 7.11 Å². The van der Waals surface area contributed by atoms with Crippen molar-refractivity contribution in [2.24, 2.45) is 5.92 Å². The smallest absolute Gasteiger partial charge is 0.329 e. The average molecular weight is 421 g/mol. The normalized spacial score (nSPS) is 19.2. The number of aromatic amines is 1. The summed E-state index contributed by atoms with van der Waals surface area (Å²) in [5, 5.41) is 0.997. The van der Waals surface area contributed by atoms with Gasteiger partial charge in [0.2, 0.25) is 0 Å². The Labute approximate surface area is 180 Å². The maximum atomic E-state index is 13.7. The van der Waals surface area contributed by atoms with Crippen LogP contribution in [0.1, 0.15) is 38.6 Å². The maximum Gasteiger partial charge on any atom is 0.329 e. The van der Waals surface area contributed by atoms with Crippen LogP contribution in [-0.4, -0.2) is 32.8 Å². The van der Waals surface area contributed by atoms with E-state index in [9.17, 15) is 4.79 Å². The molecule has 0 unspecified atom stereocenters. The number of aromatic nitrogens is 4. The highest BCUT2D eigenvalue weighted by atomic mass is 16.5. The summed E-state index contributed by atoms with van der Waals surface area (Å²) in [6.07, 6.45) is 8.28. The van der Waals surface area contributed by atoms with Crippen molar-refractivity contribution in [3.63, 3.8) is 0 Å². The molecule has 0 aliphatic heterocycles. The molecule has 1 fully saturated rings. The van der Waals surface area contributed by atoms with E-state index >= 15 is 0 Å². The summed E-state index contributed by atoms with van der Waals surface area (Å²) in [4.78, 5) is 21.4. The second-order valence-electron chi connectivity index (χ2n) is 8.36. The Morgan fingerprint density at radius 1 is 1.16 bits per heavy atom. The van der Waals surface area contributed by atoms with Crippen molar-refractivity contribution in [1.82, 2.24) is 19.1 Å². The summed E-state index contributed by atoms with van der Waals surface area (Å²) >= 11 is 0. The van der Waals surface area contributed by atoms with Crippen LogP contribution in [0.3, 0.4) is 0 Å². The van der Waals surface area contributed by atoms with Gasteiger partial charge in [0, 0.05) is 17.6 Å². The summed E-state index contributed by atoms with van der Waals surface area (Å²) in [6.45, 7) is 3.07. The van der Waals surface area contributed by atoms with Crippen LogP contribution in [-0.2, 0) is 6.54 Å². The Bertz CT molecular complexity index is 1270. The quantitative estimate of drug-likeness (QED) is 0.498. The lowest BCUT2D eigenvalue weighted by Crippen LogP contribution is -2.32. The minimum atomic E-state index is 0.0212. The summed E-state index contributed by atoms with van der Waals surface area (Å²) in [5.41, 5.74) is 2.67. The lowest BCUT2D eigenvalue weighted by atomic mass is 9.85. The molecule has 7 nitrogen and oxygen atoms in total. The zero-order chi connectivity index (χ0) is 21.4. The third kappa shape index (κ3) is 3.38. The number of nitrogens with zero attached hydrogens (tertiary/aromatic N) is 3. The van der Waals surface area contributed by atoms with E-state index in [-0.39, 0.29) is 11.7 Å². The molecule has 0 amide bonds. The van der Waals surface area contributed by atoms with Crippen LogP contribution in [0.5, 0.6) is 11.5 Å². The monoisotopic (exact) mass is 420 g/mol. The van der Waals surface area contributed by atoms with Gasteiger partial charge < -0.3 is 14.5 Å². The van der Waals surface area contributed by atoms with Gasteiger partial charge in [-0.15, -0.1) is 0 Å². The fourth-order valence-corrected chi connectivity index (χ4v) is 4.95. The highest BCUT2D eigenvalue weighted by Crippen LogP contribution is 2.36. The molecule has 0 spiro atoms. The number of benzene rings is 1. The van der Waals surface area contributed by atoms with Gasteiger partial charge in [-0.25, -0.2) is 9.78 Å². The predicted octanol–water partition coefficient (Wildman–Crippen LogP) is 4.52. The summed E-state index contributed by atoms with van der Waals surface area (Å²) in [7, 11) is 1.62. The van der Waals surface area contributed by atoms with Gasteiger partial charge in [-0.2, -0.15) is 0 Å². The topological polar surface area (TPSA) is 74.1 Å². The molecule has 0 saturated heterocycles. The minimum Gasteiger partial charge on any atom is -0.493 e. The van der Waals surface area contributed by atoms with Crippen molar-refractivity contribution < 1.29 is 9.47 Å². The molecular formula is C24H28N4O3.